The Kier molecular flexibility index (Phi) is 3.66. The average Bonchev–Trinajstić information content (AvgIpc) is 2.86. The fourth-order valence-corrected chi connectivity index (χ4v) is 2.83. The second-order valence-corrected chi connectivity index (χ2v) is 5.33. The number of carbonyl (C=O) groups is 2. The molecule has 22 heavy (non-hydrogen) atoms. The summed E-state index contributed by atoms with van der Waals surface area (Å²) in [5, 5.41) is 9.14. The van der Waals surface area contributed by atoms with Crippen molar-refractivity contribution in [2.75, 3.05) is 7.11 Å². The minimum absolute atomic E-state index is 0.0134. The van der Waals surface area contributed by atoms with Gasteiger partial charge < -0.3 is 14.4 Å². The number of carboxylic acid groups (broad SMARTS) is 1. The Bertz CT molecular complexity index is 725. The number of aromatic carboxylic acids is 1. The first kappa shape index (κ1) is 14.3. The topological polar surface area (TPSA) is 81.4 Å². The van der Waals surface area contributed by atoms with Gasteiger partial charge in [-0.15, -0.1) is 0 Å². The highest BCUT2D eigenvalue weighted by atomic mass is 16.5. The molecular weight excluding hydrogens is 284 g/mol. The fraction of sp³-hybridized carbons (Fsp3) is 0.312. The van der Waals surface area contributed by atoms with Crippen LogP contribution in [0.25, 0.3) is 6.08 Å². The molecule has 1 aromatic rings. The van der Waals surface area contributed by atoms with Gasteiger partial charge in [-0.05, 0) is 30.1 Å². The van der Waals surface area contributed by atoms with Crippen LogP contribution in [0.4, 0.5) is 0 Å². The molecule has 0 fully saturated rings. The molecule has 2 aliphatic rings. The van der Waals surface area contributed by atoms with Gasteiger partial charge in [0.2, 0.25) is 0 Å². The normalized spacial score (nSPS) is 19.4. The van der Waals surface area contributed by atoms with Crippen LogP contribution in [0.15, 0.2) is 35.6 Å². The predicted octanol–water partition coefficient (Wildman–Crippen LogP) is 2.36. The fourth-order valence-electron chi connectivity index (χ4n) is 2.83. The number of imidazole rings is 1. The lowest BCUT2D eigenvalue weighted by Gasteiger charge is -2.19. The maximum absolute atomic E-state index is 11.7. The second-order valence-electron chi connectivity index (χ2n) is 5.33. The highest BCUT2D eigenvalue weighted by Crippen LogP contribution is 2.35. The van der Waals surface area contributed by atoms with Crippen LogP contribution < -0.4 is 0 Å². The number of aromatic nitrogens is 2. The van der Waals surface area contributed by atoms with Crippen molar-refractivity contribution in [2.45, 2.75) is 25.3 Å². The number of hydrogen-bond donors (Lipinski definition) is 1. The molecule has 1 aliphatic carbocycles. The van der Waals surface area contributed by atoms with Crippen molar-refractivity contribution in [3.8, 4) is 0 Å². The van der Waals surface area contributed by atoms with E-state index in [9.17, 15) is 9.59 Å². The number of allylic oxidation sites excluding steroid dienone is 5. The predicted molar refractivity (Wildman–Crippen MR) is 79.3 cm³/mol. The lowest BCUT2D eigenvalue weighted by Crippen LogP contribution is -2.15. The van der Waals surface area contributed by atoms with Crippen molar-refractivity contribution in [2.24, 2.45) is 0 Å². The Morgan fingerprint density at radius 3 is 3.00 bits per heavy atom. The summed E-state index contributed by atoms with van der Waals surface area (Å²) in [5.74, 6) is -0.827. The molecule has 2 heterocycles. The summed E-state index contributed by atoms with van der Waals surface area (Å²) in [5.41, 5.74) is 2.25. The van der Waals surface area contributed by atoms with E-state index in [2.05, 4.69) is 4.98 Å². The first-order valence-electron chi connectivity index (χ1n) is 7.04. The Hall–Kier alpha value is -2.63. The smallest absolute Gasteiger partial charge is 0.356 e. The van der Waals surface area contributed by atoms with Crippen LogP contribution in [0.1, 0.15) is 41.6 Å². The van der Waals surface area contributed by atoms with Gasteiger partial charge in [-0.25, -0.2) is 9.78 Å². The number of carbonyl (C=O) groups excluding carboxylic acids is 1. The molecule has 1 N–H and O–H groups in total. The molecule has 1 atom stereocenters. The lowest BCUT2D eigenvalue weighted by atomic mass is 9.92. The summed E-state index contributed by atoms with van der Waals surface area (Å²) in [7, 11) is 1.35. The van der Waals surface area contributed by atoms with Gasteiger partial charge in [0, 0.05) is 12.2 Å². The number of ether oxygens (including phenoxy) is 1. The summed E-state index contributed by atoms with van der Waals surface area (Å²) in [4.78, 5) is 27.0. The van der Waals surface area contributed by atoms with Crippen LogP contribution in [-0.4, -0.2) is 33.7 Å². The molecule has 0 aromatic carbocycles. The van der Waals surface area contributed by atoms with Crippen LogP contribution in [0.3, 0.4) is 0 Å². The molecule has 6 nitrogen and oxygen atoms in total. The maximum atomic E-state index is 11.7. The van der Waals surface area contributed by atoms with E-state index in [1.165, 1.54) is 13.3 Å². The van der Waals surface area contributed by atoms with Crippen molar-refractivity contribution in [1.29, 1.82) is 0 Å². The Balaban J connectivity index is 2.05. The van der Waals surface area contributed by atoms with Gasteiger partial charge in [0.25, 0.3) is 0 Å². The molecule has 0 saturated carbocycles. The number of rotatable bonds is 3. The van der Waals surface area contributed by atoms with E-state index in [0.717, 1.165) is 17.6 Å². The van der Waals surface area contributed by atoms with Gasteiger partial charge in [0.05, 0.1) is 13.5 Å². The van der Waals surface area contributed by atoms with Crippen molar-refractivity contribution < 1.29 is 19.4 Å². The minimum Gasteiger partial charge on any atom is -0.476 e. The third-order valence-electron chi connectivity index (χ3n) is 3.95. The molecule has 6 heteroatoms. The maximum Gasteiger partial charge on any atom is 0.356 e. The number of hydrogen-bond acceptors (Lipinski definition) is 4. The van der Waals surface area contributed by atoms with Gasteiger partial charge in [-0.3, -0.25) is 4.79 Å². The largest absolute Gasteiger partial charge is 0.476 e. The van der Waals surface area contributed by atoms with E-state index in [-0.39, 0.29) is 24.1 Å². The molecule has 0 bridgehead atoms. The van der Waals surface area contributed by atoms with E-state index in [4.69, 9.17) is 9.84 Å². The molecule has 0 radical (unpaired) electrons. The van der Waals surface area contributed by atoms with Crippen LogP contribution in [0, 0.1) is 0 Å². The van der Waals surface area contributed by atoms with Crippen molar-refractivity contribution in [3.05, 3.63) is 47.1 Å². The number of methoxy groups -OCH3 is 1. The monoisotopic (exact) mass is 300 g/mol. The summed E-state index contributed by atoms with van der Waals surface area (Å²) < 4.78 is 6.53. The van der Waals surface area contributed by atoms with Crippen molar-refractivity contribution in [1.82, 2.24) is 9.55 Å². The van der Waals surface area contributed by atoms with Gasteiger partial charge in [0.1, 0.15) is 5.82 Å². The van der Waals surface area contributed by atoms with Crippen LogP contribution in [0.5, 0.6) is 0 Å². The number of esters is 1. The van der Waals surface area contributed by atoms with Crippen LogP contribution in [0.2, 0.25) is 0 Å². The third-order valence-corrected chi connectivity index (χ3v) is 3.95. The van der Waals surface area contributed by atoms with Gasteiger partial charge in [0.15, 0.2) is 5.69 Å². The summed E-state index contributed by atoms with van der Waals surface area (Å²) in [6.45, 7) is 0. The minimum atomic E-state index is -1.07. The van der Waals surface area contributed by atoms with E-state index in [1.54, 1.807) is 4.57 Å². The van der Waals surface area contributed by atoms with E-state index >= 15 is 0 Å². The molecule has 1 unspecified atom stereocenters. The van der Waals surface area contributed by atoms with Gasteiger partial charge in [-0.2, -0.15) is 0 Å². The van der Waals surface area contributed by atoms with E-state index in [0.29, 0.717) is 12.2 Å². The number of fused-ring (bicyclic) bond motifs is 2. The lowest BCUT2D eigenvalue weighted by molar-refractivity contribution is -0.141. The van der Waals surface area contributed by atoms with Crippen molar-refractivity contribution in [3.63, 3.8) is 0 Å². The van der Waals surface area contributed by atoms with E-state index in [1.807, 2.05) is 24.3 Å². The molecule has 114 valence electrons. The number of carboxylic acids is 1. The molecule has 0 saturated heterocycles. The first-order chi connectivity index (χ1) is 10.6. The molecule has 0 spiro atoms. The average molecular weight is 300 g/mol. The highest BCUT2D eigenvalue weighted by Gasteiger charge is 2.26. The van der Waals surface area contributed by atoms with Gasteiger partial charge in [-0.1, -0.05) is 18.2 Å². The molecule has 3 rings (SSSR count). The summed E-state index contributed by atoms with van der Waals surface area (Å²) >= 11 is 0. The Morgan fingerprint density at radius 2 is 2.27 bits per heavy atom. The standard InChI is InChI=1S/C16H16N2O4/c1-22-15(19)8-12-6-10-4-2-3-5-11(10)7-14-17-13(16(20)21)9-18(12)14/h2-4,7,9,12H,5-6,8H2,1H3,(H,20,21). The second kappa shape index (κ2) is 5.63. The quantitative estimate of drug-likeness (QED) is 0.867. The van der Waals surface area contributed by atoms with Crippen molar-refractivity contribution >= 4 is 18.0 Å². The zero-order valence-corrected chi connectivity index (χ0v) is 12.2. The number of nitrogens with zero attached hydrogens (tertiary/aromatic N) is 2. The molecule has 0 amide bonds. The molecule has 1 aliphatic heterocycles. The zero-order valence-electron chi connectivity index (χ0n) is 12.2. The Labute approximate surface area is 127 Å². The third kappa shape index (κ3) is 2.59. The molecular formula is C16H16N2O4. The summed E-state index contributed by atoms with van der Waals surface area (Å²) in [6.07, 6.45) is 11.1. The SMILES string of the molecule is COC(=O)CC1CC2=CC=CCC2=Cc2nc(C(=O)O)cn21. The Morgan fingerprint density at radius 1 is 1.45 bits per heavy atom. The van der Waals surface area contributed by atoms with E-state index < -0.39 is 5.97 Å². The van der Waals surface area contributed by atoms with Crippen LogP contribution >= 0.6 is 0 Å². The van der Waals surface area contributed by atoms with Crippen LogP contribution in [-0.2, 0) is 9.53 Å². The van der Waals surface area contributed by atoms with Gasteiger partial charge >= 0.3 is 11.9 Å². The first-order valence-corrected chi connectivity index (χ1v) is 7.04. The molecule has 1 aromatic heterocycles. The highest BCUT2D eigenvalue weighted by molar-refractivity contribution is 5.85. The zero-order chi connectivity index (χ0) is 15.7. The summed E-state index contributed by atoms with van der Waals surface area (Å²) in [6, 6.07) is -0.199.